The van der Waals surface area contributed by atoms with Crippen LogP contribution in [0.3, 0.4) is 0 Å². The van der Waals surface area contributed by atoms with E-state index < -0.39 is 0 Å². The van der Waals surface area contributed by atoms with Crippen LogP contribution in [0.15, 0.2) is 42.5 Å². The Morgan fingerprint density at radius 3 is 2.58 bits per heavy atom. The van der Waals surface area contributed by atoms with Gasteiger partial charge in [0.2, 0.25) is 5.91 Å². The van der Waals surface area contributed by atoms with Crippen LogP contribution in [-0.2, 0) is 11.3 Å². The Kier molecular flexibility index (Phi) is 4.94. The highest BCUT2D eigenvalue weighted by molar-refractivity contribution is 8.00. The molecule has 0 N–H and O–H groups in total. The summed E-state index contributed by atoms with van der Waals surface area (Å²) in [5, 5.41) is -0.160. The summed E-state index contributed by atoms with van der Waals surface area (Å²) in [7, 11) is 3.18. The van der Waals surface area contributed by atoms with Gasteiger partial charge in [-0.25, -0.2) is 4.39 Å². The molecular formula is C18H18FNO3S. The Hall–Kier alpha value is -2.21. The molecule has 4 nitrogen and oxygen atoms in total. The molecule has 1 atom stereocenters. The van der Waals surface area contributed by atoms with E-state index >= 15 is 0 Å². The molecule has 0 aliphatic carbocycles. The summed E-state index contributed by atoms with van der Waals surface area (Å²) >= 11 is 1.55. The van der Waals surface area contributed by atoms with Gasteiger partial charge in [-0.2, -0.15) is 0 Å². The van der Waals surface area contributed by atoms with Crippen LogP contribution in [-0.4, -0.2) is 30.8 Å². The molecule has 2 aromatic carbocycles. The number of para-hydroxylation sites is 1. The number of thioether (sulfide) groups is 1. The van der Waals surface area contributed by atoms with E-state index in [9.17, 15) is 9.18 Å². The number of nitrogens with zero attached hydrogens (tertiary/aromatic N) is 1. The fraction of sp³-hybridized carbons (Fsp3) is 0.278. The first-order valence-corrected chi connectivity index (χ1v) is 8.55. The maximum Gasteiger partial charge on any atom is 0.234 e. The standard InChI is InChI=1S/C18H18FNO3S/c1-22-15-5-3-4-14(17(15)23-2)18-20(16(21)11-24-18)10-12-6-8-13(19)9-7-12/h3-9,18H,10-11H2,1-2H3. The van der Waals surface area contributed by atoms with Gasteiger partial charge in [0.05, 0.1) is 20.0 Å². The van der Waals surface area contributed by atoms with Crippen molar-refractivity contribution < 1.29 is 18.7 Å². The predicted molar refractivity (Wildman–Crippen MR) is 91.7 cm³/mol. The quantitative estimate of drug-likeness (QED) is 0.828. The van der Waals surface area contributed by atoms with Crippen LogP contribution in [0.4, 0.5) is 4.39 Å². The van der Waals surface area contributed by atoms with Crippen LogP contribution < -0.4 is 9.47 Å². The van der Waals surface area contributed by atoms with Crippen LogP contribution in [0.1, 0.15) is 16.5 Å². The van der Waals surface area contributed by atoms with Gasteiger partial charge in [0.25, 0.3) is 0 Å². The van der Waals surface area contributed by atoms with Gasteiger partial charge in [-0.1, -0.05) is 24.3 Å². The topological polar surface area (TPSA) is 38.8 Å². The summed E-state index contributed by atoms with van der Waals surface area (Å²) in [6.45, 7) is 0.428. The van der Waals surface area contributed by atoms with E-state index in [-0.39, 0.29) is 17.1 Å². The number of hydrogen-bond donors (Lipinski definition) is 0. The van der Waals surface area contributed by atoms with Gasteiger partial charge in [0.15, 0.2) is 11.5 Å². The lowest BCUT2D eigenvalue weighted by molar-refractivity contribution is -0.128. The number of halogens is 1. The number of hydrogen-bond acceptors (Lipinski definition) is 4. The van der Waals surface area contributed by atoms with E-state index in [1.165, 1.54) is 12.1 Å². The average molecular weight is 347 g/mol. The normalized spacial score (nSPS) is 17.2. The molecule has 1 aliphatic rings. The molecule has 1 unspecified atom stereocenters. The molecule has 1 aliphatic heterocycles. The van der Waals surface area contributed by atoms with Crippen LogP contribution in [0.5, 0.6) is 11.5 Å². The third-order valence-corrected chi connectivity index (χ3v) is 5.17. The first-order valence-electron chi connectivity index (χ1n) is 7.50. The molecule has 2 aromatic rings. The second-order valence-electron chi connectivity index (χ2n) is 5.39. The lowest BCUT2D eigenvalue weighted by atomic mass is 10.1. The first-order chi connectivity index (χ1) is 11.6. The lowest BCUT2D eigenvalue weighted by Gasteiger charge is -2.26. The zero-order valence-corrected chi connectivity index (χ0v) is 14.3. The molecule has 0 bridgehead atoms. The number of methoxy groups -OCH3 is 2. The molecule has 3 rings (SSSR count). The zero-order valence-electron chi connectivity index (χ0n) is 13.5. The lowest BCUT2D eigenvalue weighted by Crippen LogP contribution is -2.27. The molecule has 0 aromatic heterocycles. The van der Waals surface area contributed by atoms with E-state index in [2.05, 4.69) is 0 Å². The van der Waals surface area contributed by atoms with Gasteiger partial charge in [-0.05, 0) is 23.8 Å². The minimum Gasteiger partial charge on any atom is -0.493 e. The highest BCUT2D eigenvalue weighted by atomic mass is 32.2. The first kappa shape index (κ1) is 16.6. The average Bonchev–Trinajstić information content (AvgIpc) is 2.96. The molecule has 126 valence electrons. The van der Waals surface area contributed by atoms with Gasteiger partial charge in [-0.15, -0.1) is 11.8 Å². The molecule has 1 amide bonds. The maximum absolute atomic E-state index is 13.1. The van der Waals surface area contributed by atoms with Crippen molar-refractivity contribution in [3.8, 4) is 11.5 Å². The Morgan fingerprint density at radius 1 is 1.17 bits per heavy atom. The summed E-state index contributed by atoms with van der Waals surface area (Å²) in [5.41, 5.74) is 1.79. The maximum atomic E-state index is 13.1. The Bertz CT molecular complexity index is 736. The van der Waals surface area contributed by atoms with Crippen molar-refractivity contribution in [1.29, 1.82) is 0 Å². The molecule has 1 fully saturated rings. The zero-order chi connectivity index (χ0) is 17.1. The summed E-state index contributed by atoms with van der Waals surface area (Å²) in [6, 6.07) is 11.9. The minimum atomic E-state index is -0.285. The van der Waals surface area contributed by atoms with Crippen molar-refractivity contribution in [2.75, 3.05) is 20.0 Å². The van der Waals surface area contributed by atoms with Crippen molar-refractivity contribution >= 4 is 17.7 Å². The second-order valence-corrected chi connectivity index (χ2v) is 6.46. The van der Waals surface area contributed by atoms with Crippen LogP contribution in [0.25, 0.3) is 0 Å². The molecule has 1 heterocycles. The van der Waals surface area contributed by atoms with E-state index in [0.29, 0.717) is 23.8 Å². The fourth-order valence-electron chi connectivity index (χ4n) is 2.78. The predicted octanol–water partition coefficient (Wildman–Crippen LogP) is 3.62. The molecule has 0 spiro atoms. The molecule has 6 heteroatoms. The third-order valence-electron chi connectivity index (χ3n) is 3.93. The second kappa shape index (κ2) is 7.13. The molecule has 1 saturated heterocycles. The van der Waals surface area contributed by atoms with E-state index in [4.69, 9.17) is 9.47 Å². The van der Waals surface area contributed by atoms with Gasteiger partial charge in [-0.3, -0.25) is 4.79 Å². The Morgan fingerprint density at radius 2 is 1.92 bits per heavy atom. The molecule has 24 heavy (non-hydrogen) atoms. The van der Waals surface area contributed by atoms with Crippen molar-refractivity contribution in [3.05, 3.63) is 59.4 Å². The molecule has 0 saturated carbocycles. The Balaban J connectivity index is 1.92. The summed E-state index contributed by atoms with van der Waals surface area (Å²) in [6.07, 6.45) is 0. The van der Waals surface area contributed by atoms with Crippen molar-refractivity contribution in [3.63, 3.8) is 0 Å². The fourth-order valence-corrected chi connectivity index (χ4v) is 3.98. The minimum absolute atomic E-state index is 0.0548. The number of benzene rings is 2. The highest BCUT2D eigenvalue weighted by Gasteiger charge is 2.35. The van der Waals surface area contributed by atoms with Gasteiger partial charge in [0.1, 0.15) is 11.2 Å². The van der Waals surface area contributed by atoms with Crippen LogP contribution >= 0.6 is 11.8 Å². The number of rotatable bonds is 5. The number of ether oxygens (including phenoxy) is 2. The SMILES string of the molecule is COc1cccc(C2SCC(=O)N2Cc2ccc(F)cc2)c1OC. The van der Waals surface area contributed by atoms with Gasteiger partial charge in [0, 0.05) is 12.1 Å². The summed E-state index contributed by atoms with van der Waals surface area (Å²) in [4.78, 5) is 14.1. The van der Waals surface area contributed by atoms with Crippen molar-refractivity contribution in [2.45, 2.75) is 11.9 Å². The van der Waals surface area contributed by atoms with E-state index in [1.807, 2.05) is 18.2 Å². The highest BCUT2D eigenvalue weighted by Crippen LogP contribution is 2.45. The van der Waals surface area contributed by atoms with Crippen molar-refractivity contribution in [2.24, 2.45) is 0 Å². The molecule has 0 radical (unpaired) electrons. The molecular weight excluding hydrogens is 329 g/mol. The third kappa shape index (κ3) is 3.19. The van der Waals surface area contributed by atoms with Crippen molar-refractivity contribution in [1.82, 2.24) is 4.90 Å². The Labute approximate surface area is 144 Å². The van der Waals surface area contributed by atoms with Crippen LogP contribution in [0, 0.1) is 5.82 Å². The largest absolute Gasteiger partial charge is 0.493 e. The summed E-state index contributed by atoms with van der Waals surface area (Å²) < 4.78 is 23.9. The van der Waals surface area contributed by atoms with E-state index in [0.717, 1.165) is 11.1 Å². The van der Waals surface area contributed by atoms with E-state index in [1.54, 1.807) is 43.0 Å². The smallest absolute Gasteiger partial charge is 0.234 e. The van der Waals surface area contributed by atoms with Gasteiger partial charge >= 0.3 is 0 Å². The number of amides is 1. The summed E-state index contributed by atoms with van der Waals surface area (Å²) in [5.74, 6) is 1.45. The van der Waals surface area contributed by atoms with Crippen LogP contribution in [0.2, 0.25) is 0 Å². The van der Waals surface area contributed by atoms with Gasteiger partial charge < -0.3 is 14.4 Å². The monoisotopic (exact) mass is 347 g/mol. The number of carbonyl (C=O) groups is 1. The number of carbonyl (C=O) groups excluding carboxylic acids is 1.